The molecule has 2 fully saturated rings. The number of hydrogen-bond donors (Lipinski definition) is 0. The molecule has 154 valence electrons. The number of ether oxygens (including phenoxy) is 2. The van der Waals surface area contributed by atoms with Crippen LogP contribution in [0.2, 0.25) is 0 Å². The van der Waals surface area contributed by atoms with E-state index in [1.807, 2.05) is 6.07 Å². The highest BCUT2D eigenvalue weighted by Gasteiger charge is 2.29. The monoisotopic (exact) mass is 405 g/mol. The van der Waals surface area contributed by atoms with Gasteiger partial charge in [-0.05, 0) is 36.8 Å². The van der Waals surface area contributed by atoms with Crippen LogP contribution in [0.25, 0.3) is 0 Å². The van der Waals surface area contributed by atoms with Crippen LogP contribution < -0.4 is 9.47 Å². The van der Waals surface area contributed by atoms with Gasteiger partial charge < -0.3 is 14.4 Å². The van der Waals surface area contributed by atoms with Crippen LogP contribution in [0.15, 0.2) is 18.2 Å². The molecule has 4 rings (SSSR count). The molecule has 1 atom stereocenters. The van der Waals surface area contributed by atoms with Crippen LogP contribution in [0.4, 0.5) is 0 Å². The Morgan fingerprint density at radius 1 is 1.14 bits per heavy atom. The number of nitrogens with zero attached hydrogens (tertiary/aromatic N) is 3. The average Bonchev–Trinajstić information content (AvgIpc) is 3.20. The van der Waals surface area contributed by atoms with Gasteiger partial charge in [-0.2, -0.15) is 11.8 Å². The van der Waals surface area contributed by atoms with Gasteiger partial charge in [0.05, 0.1) is 0 Å². The largest absolute Gasteiger partial charge is 0.454 e. The number of fused-ring (bicyclic) bond motifs is 1. The molecule has 2 saturated heterocycles. The molecule has 28 heavy (non-hydrogen) atoms. The van der Waals surface area contributed by atoms with Gasteiger partial charge in [0.15, 0.2) is 11.5 Å². The van der Waals surface area contributed by atoms with Crippen molar-refractivity contribution >= 4 is 17.7 Å². The van der Waals surface area contributed by atoms with Crippen molar-refractivity contribution in [1.82, 2.24) is 14.7 Å². The van der Waals surface area contributed by atoms with E-state index in [4.69, 9.17) is 9.47 Å². The van der Waals surface area contributed by atoms with Gasteiger partial charge in [-0.3, -0.25) is 14.6 Å². The Morgan fingerprint density at radius 2 is 1.96 bits per heavy atom. The van der Waals surface area contributed by atoms with Crippen molar-refractivity contribution in [1.29, 1.82) is 0 Å². The molecule has 0 aromatic heterocycles. The van der Waals surface area contributed by atoms with E-state index < -0.39 is 0 Å². The lowest BCUT2D eigenvalue weighted by molar-refractivity contribution is -0.133. The highest BCUT2D eigenvalue weighted by molar-refractivity contribution is 7.98. The van der Waals surface area contributed by atoms with Gasteiger partial charge in [0.2, 0.25) is 12.7 Å². The molecule has 0 spiro atoms. The Bertz CT molecular complexity index is 679. The van der Waals surface area contributed by atoms with Crippen LogP contribution in [-0.2, 0) is 11.3 Å². The summed E-state index contributed by atoms with van der Waals surface area (Å²) in [6.45, 7) is 7.45. The maximum atomic E-state index is 12.4. The number of benzene rings is 1. The Labute approximate surface area is 172 Å². The molecule has 3 aliphatic heterocycles. The molecule has 3 heterocycles. The number of piperazine rings is 1. The zero-order valence-electron chi connectivity index (χ0n) is 16.8. The molecule has 0 saturated carbocycles. The number of piperidine rings is 1. The van der Waals surface area contributed by atoms with Crippen molar-refractivity contribution in [3.8, 4) is 11.5 Å². The van der Waals surface area contributed by atoms with E-state index in [2.05, 4.69) is 33.1 Å². The molecule has 0 radical (unpaired) electrons. The second-order valence-electron chi connectivity index (χ2n) is 7.88. The molecule has 3 aliphatic rings. The minimum atomic E-state index is 0.329. The fraction of sp³-hybridized carbons (Fsp3) is 0.667. The van der Waals surface area contributed by atoms with E-state index in [9.17, 15) is 4.79 Å². The Balaban J connectivity index is 1.25. The van der Waals surface area contributed by atoms with Gasteiger partial charge >= 0.3 is 0 Å². The molecule has 0 N–H and O–H groups in total. The van der Waals surface area contributed by atoms with Gasteiger partial charge in [-0.1, -0.05) is 6.07 Å². The van der Waals surface area contributed by atoms with Crippen molar-refractivity contribution in [3.05, 3.63) is 23.8 Å². The first kappa shape index (κ1) is 19.9. The van der Waals surface area contributed by atoms with Crippen LogP contribution >= 0.6 is 11.8 Å². The predicted molar refractivity (Wildman–Crippen MR) is 112 cm³/mol. The number of carbonyl (C=O) groups excluding carboxylic acids is 1. The van der Waals surface area contributed by atoms with Crippen LogP contribution in [0.3, 0.4) is 0 Å². The van der Waals surface area contributed by atoms with Gasteiger partial charge in [0, 0.05) is 64.0 Å². The molecular weight excluding hydrogens is 374 g/mol. The summed E-state index contributed by atoms with van der Waals surface area (Å²) in [5.41, 5.74) is 1.28. The molecule has 0 aliphatic carbocycles. The Kier molecular flexibility index (Phi) is 6.65. The van der Waals surface area contributed by atoms with Crippen molar-refractivity contribution in [2.75, 3.05) is 58.1 Å². The van der Waals surface area contributed by atoms with Crippen molar-refractivity contribution in [3.63, 3.8) is 0 Å². The molecule has 0 unspecified atom stereocenters. The van der Waals surface area contributed by atoms with Crippen molar-refractivity contribution in [2.24, 2.45) is 0 Å². The van der Waals surface area contributed by atoms with E-state index in [1.54, 1.807) is 11.8 Å². The molecule has 0 bridgehead atoms. The maximum Gasteiger partial charge on any atom is 0.231 e. The first-order valence-electron chi connectivity index (χ1n) is 10.3. The van der Waals surface area contributed by atoms with E-state index in [0.717, 1.165) is 69.5 Å². The van der Waals surface area contributed by atoms with Crippen molar-refractivity contribution < 1.29 is 14.3 Å². The summed E-state index contributed by atoms with van der Waals surface area (Å²) in [7, 11) is 0. The summed E-state index contributed by atoms with van der Waals surface area (Å²) in [4.78, 5) is 19.6. The number of rotatable bonds is 6. The molecule has 7 heteroatoms. The van der Waals surface area contributed by atoms with Gasteiger partial charge in [-0.25, -0.2) is 0 Å². The first-order chi connectivity index (χ1) is 13.7. The summed E-state index contributed by atoms with van der Waals surface area (Å²) >= 11 is 1.75. The first-order valence-corrected chi connectivity index (χ1v) is 11.7. The lowest BCUT2D eigenvalue weighted by Gasteiger charge is -2.43. The SMILES string of the molecule is CSCCC(=O)N1CCC[C@H](N2CCN(Cc3ccc4c(c3)OCO4)CC2)C1. The topological polar surface area (TPSA) is 45.3 Å². The number of hydrogen-bond acceptors (Lipinski definition) is 6. The summed E-state index contributed by atoms with van der Waals surface area (Å²) in [5.74, 6) is 2.98. The third-order valence-corrected chi connectivity index (χ3v) is 6.65. The quantitative estimate of drug-likeness (QED) is 0.724. The standard InChI is InChI=1S/C21H31N3O3S/c1-28-12-6-21(25)24-7-2-3-18(15-24)23-10-8-22(9-11-23)14-17-4-5-19-20(13-17)27-16-26-19/h4-5,13,18H,2-3,6-12,14-16H2,1H3/t18-/m0/s1. The summed E-state index contributed by atoms with van der Waals surface area (Å²) < 4.78 is 10.9. The third kappa shape index (κ3) is 4.75. The van der Waals surface area contributed by atoms with Gasteiger partial charge in [-0.15, -0.1) is 0 Å². The lowest BCUT2D eigenvalue weighted by atomic mass is 10.0. The maximum absolute atomic E-state index is 12.4. The fourth-order valence-electron chi connectivity index (χ4n) is 4.41. The second-order valence-corrected chi connectivity index (χ2v) is 8.86. The van der Waals surface area contributed by atoms with E-state index in [1.165, 1.54) is 12.0 Å². The molecule has 1 aromatic rings. The van der Waals surface area contributed by atoms with E-state index in [-0.39, 0.29) is 0 Å². The summed E-state index contributed by atoms with van der Waals surface area (Å²) in [6, 6.07) is 6.78. The highest BCUT2D eigenvalue weighted by Crippen LogP contribution is 2.33. The number of thioether (sulfide) groups is 1. The molecule has 6 nitrogen and oxygen atoms in total. The average molecular weight is 406 g/mol. The minimum Gasteiger partial charge on any atom is -0.454 e. The molecule has 1 aromatic carbocycles. The zero-order chi connectivity index (χ0) is 19.3. The molecule has 1 amide bonds. The minimum absolute atomic E-state index is 0.329. The van der Waals surface area contributed by atoms with Crippen molar-refractivity contribution in [2.45, 2.75) is 31.8 Å². The lowest BCUT2D eigenvalue weighted by Crippen LogP contribution is -2.55. The number of carbonyl (C=O) groups is 1. The van der Waals surface area contributed by atoms with Crippen LogP contribution in [0, 0.1) is 0 Å². The molecular formula is C21H31N3O3S. The fourth-order valence-corrected chi connectivity index (χ4v) is 4.79. The Morgan fingerprint density at radius 3 is 2.79 bits per heavy atom. The van der Waals surface area contributed by atoms with Gasteiger partial charge in [0.1, 0.15) is 0 Å². The highest BCUT2D eigenvalue weighted by atomic mass is 32.2. The number of amides is 1. The summed E-state index contributed by atoms with van der Waals surface area (Å²) in [6.07, 6.45) is 5.09. The van der Waals surface area contributed by atoms with Crippen LogP contribution in [-0.4, -0.2) is 84.7 Å². The second kappa shape index (κ2) is 9.37. The Hall–Kier alpha value is -1.44. The van der Waals surface area contributed by atoms with Gasteiger partial charge in [0.25, 0.3) is 0 Å². The van der Waals surface area contributed by atoms with Crippen LogP contribution in [0.5, 0.6) is 11.5 Å². The van der Waals surface area contributed by atoms with E-state index >= 15 is 0 Å². The zero-order valence-corrected chi connectivity index (χ0v) is 17.6. The summed E-state index contributed by atoms with van der Waals surface area (Å²) in [5, 5.41) is 0. The van der Waals surface area contributed by atoms with Crippen LogP contribution in [0.1, 0.15) is 24.8 Å². The number of likely N-dealkylation sites (tertiary alicyclic amines) is 1. The third-order valence-electron chi connectivity index (χ3n) is 6.04. The smallest absolute Gasteiger partial charge is 0.231 e. The normalized spacial score (nSPS) is 23.2. The predicted octanol–water partition coefficient (Wildman–Crippen LogP) is 2.28. The van der Waals surface area contributed by atoms with E-state index in [0.29, 0.717) is 25.2 Å².